The van der Waals surface area contributed by atoms with Crippen molar-refractivity contribution in [3.63, 3.8) is 0 Å². The van der Waals surface area contributed by atoms with Crippen molar-refractivity contribution in [3.05, 3.63) is 22.7 Å². The van der Waals surface area contributed by atoms with Crippen molar-refractivity contribution in [2.24, 2.45) is 10.9 Å². The molecule has 120 valence electrons. The highest BCUT2D eigenvalue weighted by Crippen LogP contribution is 2.29. The van der Waals surface area contributed by atoms with Crippen LogP contribution in [0.5, 0.6) is 5.75 Å². The van der Waals surface area contributed by atoms with Crippen molar-refractivity contribution in [2.75, 3.05) is 20.3 Å². The van der Waals surface area contributed by atoms with Crippen LogP contribution in [-0.2, 0) is 19.1 Å². The van der Waals surface area contributed by atoms with Crippen molar-refractivity contribution in [3.8, 4) is 5.75 Å². The lowest BCUT2D eigenvalue weighted by molar-refractivity contribution is -0.157. The van der Waals surface area contributed by atoms with Crippen molar-refractivity contribution in [1.29, 1.82) is 0 Å². The molecule has 0 aliphatic carbocycles. The summed E-state index contributed by atoms with van der Waals surface area (Å²) in [7, 11) is 1.56. The number of hydrogen-bond donors (Lipinski definition) is 0. The molecule has 0 aliphatic rings. The first kappa shape index (κ1) is 18.2. The second-order valence-corrected chi connectivity index (χ2v) is 4.93. The number of nitrogens with zero attached hydrogens (tertiary/aromatic N) is 1. The maximum Gasteiger partial charge on any atom is 0.325 e. The summed E-state index contributed by atoms with van der Waals surface area (Å²) in [6.07, 6.45) is 1.23. The summed E-state index contributed by atoms with van der Waals surface area (Å²) in [5.41, 5.74) is 0.561. The van der Waals surface area contributed by atoms with E-state index in [-0.39, 0.29) is 13.2 Å². The van der Waals surface area contributed by atoms with Crippen LogP contribution in [-0.4, -0.2) is 38.5 Å². The van der Waals surface area contributed by atoms with E-state index in [2.05, 4.69) is 20.9 Å². The van der Waals surface area contributed by atoms with Crippen LogP contribution in [0.1, 0.15) is 13.8 Å². The average molecular weight is 372 g/mol. The molecule has 0 saturated heterocycles. The molecule has 1 aromatic carbocycles. The van der Waals surface area contributed by atoms with E-state index >= 15 is 0 Å². The van der Waals surface area contributed by atoms with Crippen LogP contribution in [0.4, 0.5) is 5.69 Å². The van der Waals surface area contributed by atoms with E-state index < -0.39 is 17.9 Å². The standard InChI is InChI=1S/C15H18BrNO5/c1-4-21-14(18)11(15(19)22-5-2)9-17-10-6-7-13(20-3)12(16)8-10/h6-9,11H,4-5H2,1-3H3. The molecule has 0 heterocycles. The van der Waals surface area contributed by atoms with E-state index in [4.69, 9.17) is 14.2 Å². The van der Waals surface area contributed by atoms with Crippen LogP contribution in [0.25, 0.3) is 0 Å². The number of halogens is 1. The second kappa shape index (κ2) is 9.19. The van der Waals surface area contributed by atoms with Gasteiger partial charge >= 0.3 is 11.9 Å². The summed E-state index contributed by atoms with van der Waals surface area (Å²) < 4.78 is 15.6. The molecule has 0 spiro atoms. The average Bonchev–Trinajstić information content (AvgIpc) is 2.48. The lowest BCUT2D eigenvalue weighted by atomic mass is 10.1. The third kappa shape index (κ3) is 5.14. The Morgan fingerprint density at radius 1 is 1.23 bits per heavy atom. The first-order valence-electron chi connectivity index (χ1n) is 6.74. The number of benzene rings is 1. The lowest BCUT2D eigenvalue weighted by Crippen LogP contribution is -2.29. The van der Waals surface area contributed by atoms with Gasteiger partial charge in [-0.15, -0.1) is 0 Å². The molecule has 0 aromatic heterocycles. The van der Waals surface area contributed by atoms with Gasteiger partial charge in [0.25, 0.3) is 0 Å². The zero-order valence-corrected chi connectivity index (χ0v) is 14.3. The van der Waals surface area contributed by atoms with Gasteiger partial charge in [0.1, 0.15) is 5.75 Å². The summed E-state index contributed by atoms with van der Waals surface area (Å²) in [4.78, 5) is 27.7. The molecule has 0 fully saturated rings. The molecule has 0 radical (unpaired) electrons. The molecule has 0 atom stereocenters. The van der Waals surface area contributed by atoms with E-state index in [0.29, 0.717) is 15.9 Å². The highest BCUT2D eigenvalue weighted by Gasteiger charge is 2.27. The summed E-state index contributed by atoms with van der Waals surface area (Å²) in [6.45, 7) is 3.68. The molecule has 0 aliphatic heterocycles. The van der Waals surface area contributed by atoms with E-state index in [0.717, 1.165) is 0 Å². The van der Waals surface area contributed by atoms with Gasteiger partial charge in [0, 0.05) is 6.21 Å². The Hall–Kier alpha value is -1.89. The SMILES string of the molecule is CCOC(=O)C(C=Nc1ccc(OC)c(Br)c1)C(=O)OCC. The predicted octanol–water partition coefficient (Wildman–Crippen LogP) is 2.90. The molecule has 0 saturated carbocycles. The smallest absolute Gasteiger partial charge is 0.325 e. The second-order valence-electron chi connectivity index (χ2n) is 4.08. The monoisotopic (exact) mass is 371 g/mol. The summed E-state index contributed by atoms with van der Waals surface area (Å²) >= 11 is 3.34. The molecule has 7 heteroatoms. The zero-order valence-electron chi connectivity index (χ0n) is 12.7. The maximum absolute atomic E-state index is 11.8. The number of carbonyl (C=O) groups excluding carboxylic acids is 2. The largest absolute Gasteiger partial charge is 0.496 e. The van der Waals surface area contributed by atoms with E-state index in [1.165, 1.54) is 6.21 Å². The molecular formula is C15H18BrNO5. The van der Waals surface area contributed by atoms with Crippen LogP contribution in [0.15, 0.2) is 27.7 Å². The first-order chi connectivity index (χ1) is 10.5. The molecule has 0 bridgehead atoms. The quantitative estimate of drug-likeness (QED) is 0.418. The van der Waals surface area contributed by atoms with Gasteiger partial charge in [-0.2, -0.15) is 0 Å². The highest BCUT2D eigenvalue weighted by molar-refractivity contribution is 9.10. The predicted molar refractivity (Wildman–Crippen MR) is 85.6 cm³/mol. The number of rotatable bonds is 7. The molecular weight excluding hydrogens is 354 g/mol. The van der Waals surface area contributed by atoms with Gasteiger partial charge in [0.2, 0.25) is 0 Å². The number of hydrogen-bond acceptors (Lipinski definition) is 6. The number of methoxy groups -OCH3 is 1. The maximum atomic E-state index is 11.8. The van der Waals surface area contributed by atoms with Crippen LogP contribution < -0.4 is 4.74 Å². The molecule has 6 nitrogen and oxygen atoms in total. The topological polar surface area (TPSA) is 74.2 Å². The van der Waals surface area contributed by atoms with E-state index in [9.17, 15) is 9.59 Å². The van der Waals surface area contributed by atoms with Crippen molar-refractivity contribution in [1.82, 2.24) is 0 Å². The third-order valence-corrected chi connectivity index (χ3v) is 3.21. The molecule has 1 aromatic rings. The van der Waals surface area contributed by atoms with Crippen molar-refractivity contribution < 1.29 is 23.8 Å². The molecule has 1 rings (SSSR count). The Bertz CT molecular complexity index is 541. The highest BCUT2D eigenvalue weighted by atomic mass is 79.9. The number of ether oxygens (including phenoxy) is 3. The van der Waals surface area contributed by atoms with E-state index in [1.54, 1.807) is 39.2 Å². The van der Waals surface area contributed by atoms with Crippen LogP contribution in [0, 0.1) is 5.92 Å². The van der Waals surface area contributed by atoms with Gasteiger partial charge in [-0.25, -0.2) is 0 Å². The Balaban J connectivity index is 2.94. The number of aliphatic imine (C=N–C) groups is 1. The zero-order chi connectivity index (χ0) is 16.5. The minimum atomic E-state index is -1.18. The summed E-state index contributed by atoms with van der Waals surface area (Å²) in [5, 5.41) is 0. The molecule has 22 heavy (non-hydrogen) atoms. The number of carbonyl (C=O) groups is 2. The number of esters is 2. The van der Waals surface area contributed by atoms with Crippen LogP contribution in [0.2, 0.25) is 0 Å². The van der Waals surface area contributed by atoms with Crippen LogP contribution >= 0.6 is 15.9 Å². The third-order valence-electron chi connectivity index (χ3n) is 2.59. The Morgan fingerprint density at radius 3 is 2.27 bits per heavy atom. The fourth-order valence-corrected chi connectivity index (χ4v) is 2.11. The normalized spacial score (nSPS) is 10.8. The van der Waals surface area contributed by atoms with Gasteiger partial charge < -0.3 is 14.2 Å². The van der Waals surface area contributed by atoms with Gasteiger partial charge in [0.15, 0.2) is 5.92 Å². The Labute approximate surface area is 137 Å². The van der Waals surface area contributed by atoms with Crippen molar-refractivity contribution >= 4 is 39.8 Å². The van der Waals surface area contributed by atoms with Gasteiger partial charge in [0.05, 0.1) is 30.5 Å². The van der Waals surface area contributed by atoms with Gasteiger partial charge in [-0.1, -0.05) is 0 Å². The molecule has 0 N–H and O–H groups in total. The van der Waals surface area contributed by atoms with Crippen LogP contribution in [0.3, 0.4) is 0 Å². The fourth-order valence-electron chi connectivity index (χ4n) is 1.58. The molecule has 0 unspecified atom stereocenters. The minimum Gasteiger partial charge on any atom is -0.496 e. The fraction of sp³-hybridized carbons (Fsp3) is 0.400. The van der Waals surface area contributed by atoms with E-state index in [1.807, 2.05) is 0 Å². The molecule has 0 amide bonds. The Kier molecular flexibility index (Phi) is 7.59. The summed E-state index contributed by atoms with van der Waals surface area (Å²) in [5.74, 6) is -1.89. The Morgan fingerprint density at radius 2 is 1.82 bits per heavy atom. The van der Waals surface area contributed by atoms with Crippen molar-refractivity contribution in [2.45, 2.75) is 13.8 Å². The minimum absolute atomic E-state index is 0.177. The first-order valence-corrected chi connectivity index (χ1v) is 7.53. The van der Waals surface area contributed by atoms with Gasteiger partial charge in [-0.3, -0.25) is 14.6 Å². The van der Waals surface area contributed by atoms with Gasteiger partial charge in [-0.05, 0) is 48.0 Å². The summed E-state index contributed by atoms with van der Waals surface area (Å²) in [6, 6.07) is 5.14. The lowest BCUT2D eigenvalue weighted by Gasteiger charge is -2.10.